The van der Waals surface area contributed by atoms with Crippen LogP contribution in [0.1, 0.15) is 42.2 Å². The Balaban J connectivity index is 2.21. The first kappa shape index (κ1) is 13.0. The zero-order chi connectivity index (χ0) is 13.1. The van der Waals surface area contributed by atoms with E-state index in [-0.39, 0.29) is 18.0 Å². The fourth-order valence-electron chi connectivity index (χ4n) is 2.60. The average molecular weight is 247 g/mol. The van der Waals surface area contributed by atoms with E-state index in [2.05, 4.69) is 4.98 Å². The molecule has 0 aromatic carbocycles. The summed E-state index contributed by atoms with van der Waals surface area (Å²) in [7, 11) is 0. The highest BCUT2D eigenvalue weighted by Crippen LogP contribution is 2.21. The predicted octanol–water partition coefficient (Wildman–Crippen LogP) is 1.73. The first-order valence-corrected chi connectivity index (χ1v) is 6.59. The summed E-state index contributed by atoms with van der Waals surface area (Å²) in [5.74, 6) is 0.0856. The molecule has 2 unspecified atom stereocenters. The van der Waals surface area contributed by atoms with Gasteiger partial charge in [-0.2, -0.15) is 0 Å². The molecule has 0 aliphatic carbocycles. The maximum Gasteiger partial charge on any atom is 0.254 e. The Kier molecular flexibility index (Phi) is 3.97. The second-order valence-corrected chi connectivity index (χ2v) is 5.11. The van der Waals surface area contributed by atoms with E-state index in [9.17, 15) is 4.79 Å². The van der Waals surface area contributed by atoms with Gasteiger partial charge in [0.2, 0.25) is 0 Å². The van der Waals surface area contributed by atoms with Gasteiger partial charge in [0.25, 0.3) is 5.91 Å². The fraction of sp³-hybridized carbons (Fsp3) is 0.571. The third-order valence-electron chi connectivity index (χ3n) is 3.56. The molecule has 1 aromatic rings. The van der Waals surface area contributed by atoms with Gasteiger partial charge in [0.1, 0.15) is 0 Å². The lowest BCUT2D eigenvalue weighted by molar-refractivity contribution is 0.0583. The highest BCUT2D eigenvalue weighted by atomic mass is 16.2. The van der Waals surface area contributed by atoms with Gasteiger partial charge in [-0.1, -0.05) is 0 Å². The minimum Gasteiger partial charge on any atom is -0.334 e. The highest BCUT2D eigenvalue weighted by molar-refractivity contribution is 5.94. The highest BCUT2D eigenvalue weighted by Gasteiger charge is 2.29. The third-order valence-corrected chi connectivity index (χ3v) is 3.56. The molecule has 98 valence electrons. The SMILES string of the molecule is Cc1cc(C(=O)N2CCCCC2C(C)N)ccn1. The maximum atomic E-state index is 12.5. The standard InChI is InChI=1S/C14H21N3O/c1-10-9-12(6-7-16-10)14(18)17-8-4-3-5-13(17)11(2)15/h6-7,9,11,13H,3-5,8,15H2,1-2H3. The summed E-state index contributed by atoms with van der Waals surface area (Å²) in [5, 5.41) is 0. The number of amides is 1. The van der Waals surface area contributed by atoms with Gasteiger partial charge in [-0.05, 0) is 45.2 Å². The summed E-state index contributed by atoms with van der Waals surface area (Å²) >= 11 is 0. The van der Waals surface area contributed by atoms with Gasteiger partial charge in [-0.3, -0.25) is 9.78 Å². The summed E-state index contributed by atoms with van der Waals surface area (Å²) in [5.41, 5.74) is 7.59. The molecular weight excluding hydrogens is 226 g/mol. The van der Waals surface area contributed by atoms with E-state index >= 15 is 0 Å². The van der Waals surface area contributed by atoms with E-state index in [1.165, 1.54) is 0 Å². The van der Waals surface area contributed by atoms with Crippen molar-refractivity contribution in [2.45, 2.75) is 45.2 Å². The lowest BCUT2D eigenvalue weighted by atomic mass is 9.96. The van der Waals surface area contributed by atoms with Gasteiger partial charge in [0.05, 0.1) is 0 Å². The molecule has 4 nitrogen and oxygen atoms in total. The van der Waals surface area contributed by atoms with Crippen molar-refractivity contribution in [1.82, 2.24) is 9.88 Å². The van der Waals surface area contributed by atoms with Crippen molar-refractivity contribution in [3.63, 3.8) is 0 Å². The van der Waals surface area contributed by atoms with Crippen LogP contribution in [0.5, 0.6) is 0 Å². The molecular formula is C14H21N3O. The minimum atomic E-state index is 0.0252. The summed E-state index contributed by atoms with van der Waals surface area (Å²) in [4.78, 5) is 18.6. The molecule has 1 aliphatic heterocycles. The first-order valence-electron chi connectivity index (χ1n) is 6.59. The number of nitrogens with zero attached hydrogens (tertiary/aromatic N) is 2. The van der Waals surface area contributed by atoms with Crippen LogP contribution in [0, 0.1) is 6.92 Å². The van der Waals surface area contributed by atoms with E-state index in [4.69, 9.17) is 5.73 Å². The Morgan fingerprint density at radius 2 is 2.33 bits per heavy atom. The van der Waals surface area contributed by atoms with Gasteiger partial charge in [-0.15, -0.1) is 0 Å². The molecule has 0 saturated carbocycles. The van der Waals surface area contributed by atoms with Crippen LogP contribution in [0.4, 0.5) is 0 Å². The number of aromatic nitrogens is 1. The van der Waals surface area contributed by atoms with E-state index in [1.54, 1.807) is 12.3 Å². The van der Waals surface area contributed by atoms with E-state index < -0.39 is 0 Å². The molecule has 1 saturated heterocycles. The summed E-state index contributed by atoms with van der Waals surface area (Å²) in [6, 6.07) is 3.81. The van der Waals surface area contributed by atoms with Crippen molar-refractivity contribution in [2.24, 2.45) is 5.73 Å². The molecule has 18 heavy (non-hydrogen) atoms. The molecule has 2 rings (SSSR count). The van der Waals surface area contributed by atoms with E-state index in [0.717, 1.165) is 37.1 Å². The average Bonchev–Trinajstić information content (AvgIpc) is 2.38. The number of hydrogen-bond acceptors (Lipinski definition) is 3. The smallest absolute Gasteiger partial charge is 0.254 e. The zero-order valence-corrected chi connectivity index (χ0v) is 11.1. The number of carbonyl (C=O) groups is 1. The summed E-state index contributed by atoms with van der Waals surface area (Å²) in [6.07, 6.45) is 4.92. The number of piperidine rings is 1. The summed E-state index contributed by atoms with van der Waals surface area (Å²) < 4.78 is 0. The van der Waals surface area contributed by atoms with Gasteiger partial charge in [-0.25, -0.2) is 0 Å². The van der Waals surface area contributed by atoms with Gasteiger partial charge in [0, 0.05) is 36.1 Å². The van der Waals surface area contributed by atoms with Gasteiger partial charge < -0.3 is 10.6 Å². The van der Waals surface area contributed by atoms with Crippen molar-refractivity contribution in [3.05, 3.63) is 29.6 Å². The monoisotopic (exact) mass is 247 g/mol. The number of rotatable bonds is 2. The molecule has 1 amide bonds. The summed E-state index contributed by atoms with van der Waals surface area (Å²) in [6.45, 7) is 4.69. The topological polar surface area (TPSA) is 59.2 Å². The number of nitrogens with two attached hydrogens (primary N) is 1. The molecule has 2 N–H and O–H groups in total. The molecule has 1 aliphatic rings. The van der Waals surface area contributed by atoms with E-state index in [1.807, 2.05) is 24.8 Å². The van der Waals surface area contributed by atoms with Crippen LogP contribution in [0.15, 0.2) is 18.3 Å². The van der Waals surface area contributed by atoms with Crippen LogP contribution in [-0.2, 0) is 0 Å². The quantitative estimate of drug-likeness (QED) is 0.866. The largest absolute Gasteiger partial charge is 0.334 e. The lowest BCUT2D eigenvalue weighted by Gasteiger charge is -2.38. The number of hydrogen-bond donors (Lipinski definition) is 1. The predicted molar refractivity (Wildman–Crippen MR) is 71.3 cm³/mol. The molecule has 1 fully saturated rings. The fourth-order valence-corrected chi connectivity index (χ4v) is 2.60. The molecule has 0 radical (unpaired) electrons. The second kappa shape index (κ2) is 5.48. The van der Waals surface area contributed by atoms with Crippen molar-refractivity contribution in [1.29, 1.82) is 0 Å². The Bertz CT molecular complexity index is 431. The van der Waals surface area contributed by atoms with Gasteiger partial charge in [0.15, 0.2) is 0 Å². The van der Waals surface area contributed by atoms with E-state index in [0.29, 0.717) is 0 Å². The van der Waals surface area contributed by atoms with Crippen molar-refractivity contribution < 1.29 is 4.79 Å². The Morgan fingerprint density at radius 1 is 1.56 bits per heavy atom. The van der Waals surface area contributed by atoms with Crippen LogP contribution >= 0.6 is 0 Å². The number of carbonyl (C=O) groups excluding carboxylic acids is 1. The van der Waals surface area contributed by atoms with Crippen LogP contribution in [0.3, 0.4) is 0 Å². The van der Waals surface area contributed by atoms with Crippen molar-refractivity contribution in [2.75, 3.05) is 6.54 Å². The maximum absolute atomic E-state index is 12.5. The van der Waals surface area contributed by atoms with Gasteiger partial charge >= 0.3 is 0 Å². The Morgan fingerprint density at radius 3 is 3.00 bits per heavy atom. The van der Waals surface area contributed by atoms with Crippen molar-refractivity contribution >= 4 is 5.91 Å². The number of likely N-dealkylation sites (tertiary alicyclic amines) is 1. The number of aryl methyl sites for hydroxylation is 1. The van der Waals surface area contributed by atoms with Crippen LogP contribution in [0.25, 0.3) is 0 Å². The molecule has 1 aromatic heterocycles. The Labute approximate surface area is 108 Å². The minimum absolute atomic E-state index is 0.0252. The number of pyridine rings is 1. The molecule has 2 atom stereocenters. The molecule has 4 heteroatoms. The second-order valence-electron chi connectivity index (χ2n) is 5.11. The lowest BCUT2D eigenvalue weighted by Crippen LogP contribution is -2.51. The molecule has 0 spiro atoms. The van der Waals surface area contributed by atoms with Crippen LogP contribution in [-0.4, -0.2) is 34.4 Å². The Hall–Kier alpha value is -1.42. The molecule has 0 bridgehead atoms. The third kappa shape index (κ3) is 2.70. The van der Waals surface area contributed by atoms with Crippen LogP contribution in [0.2, 0.25) is 0 Å². The zero-order valence-electron chi connectivity index (χ0n) is 11.1. The van der Waals surface area contributed by atoms with Crippen LogP contribution < -0.4 is 5.73 Å². The van der Waals surface area contributed by atoms with Crippen molar-refractivity contribution in [3.8, 4) is 0 Å². The molecule has 2 heterocycles. The normalized spacial score (nSPS) is 21.7. The first-order chi connectivity index (χ1) is 8.59.